The van der Waals surface area contributed by atoms with Crippen LogP contribution in [-0.4, -0.2) is 22.6 Å². The Hall–Kier alpha value is -2.35. The van der Waals surface area contributed by atoms with Gasteiger partial charge in [0.1, 0.15) is 0 Å². The van der Waals surface area contributed by atoms with E-state index in [0.29, 0.717) is 15.8 Å². The van der Waals surface area contributed by atoms with Crippen LogP contribution in [0.3, 0.4) is 0 Å². The summed E-state index contributed by atoms with van der Waals surface area (Å²) >= 11 is 8.92. The number of benzene rings is 2. The van der Waals surface area contributed by atoms with Gasteiger partial charge in [0.2, 0.25) is 11.8 Å². The minimum absolute atomic E-state index is 0.131. The fourth-order valence-corrected chi connectivity index (χ4v) is 4.01. The lowest BCUT2D eigenvalue weighted by molar-refractivity contribution is -0.114. The van der Waals surface area contributed by atoms with Gasteiger partial charge in [0, 0.05) is 33.5 Å². The summed E-state index contributed by atoms with van der Waals surface area (Å²) in [6.07, 6.45) is 0. The molecule has 0 aliphatic carbocycles. The molecule has 2 N–H and O–H groups in total. The molecule has 2 amide bonds. The Morgan fingerprint density at radius 3 is 2.74 bits per heavy atom. The second kappa shape index (κ2) is 9.03. The van der Waals surface area contributed by atoms with E-state index in [9.17, 15) is 9.59 Å². The molecule has 1 heterocycles. The molecule has 0 fully saturated rings. The molecule has 27 heavy (non-hydrogen) atoms. The van der Waals surface area contributed by atoms with Crippen molar-refractivity contribution in [3.05, 3.63) is 58.9 Å². The smallest absolute Gasteiger partial charge is 0.236 e. The first-order chi connectivity index (χ1) is 13.0. The number of aromatic nitrogens is 1. The van der Waals surface area contributed by atoms with Crippen LogP contribution in [0, 0.1) is 0 Å². The van der Waals surface area contributed by atoms with Crippen molar-refractivity contribution in [3.63, 3.8) is 0 Å². The molecule has 0 spiro atoms. The van der Waals surface area contributed by atoms with Gasteiger partial charge >= 0.3 is 0 Å². The zero-order valence-electron chi connectivity index (χ0n) is 14.4. The highest BCUT2D eigenvalue weighted by Gasteiger charge is 2.10. The number of halogens is 1. The van der Waals surface area contributed by atoms with Crippen molar-refractivity contribution >= 4 is 57.3 Å². The van der Waals surface area contributed by atoms with E-state index in [1.165, 1.54) is 30.0 Å². The summed E-state index contributed by atoms with van der Waals surface area (Å²) in [7, 11) is 0. The topological polar surface area (TPSA) is 71.1 Å². The van der Waals surface area contributed by atoms with Crippen LogP contribution in [0.2, 0.25) is 5.02 Å². The number of thioether (sulfide) groups is 1. The Labute approximate surface area is 170 Å². The summed E-state index contributed by atoms with van der Waals surface area (Å²) in [6.45, 7) is 1.46. The number of amides is 2. The molecule has 0 aliphatic rings. The SMILES string of the molecule is CC(=O)Nc1cccc(SCC(=O)Nc2nc(-c3ccccc3Cl)cs2)c1. The number of hydrogen-bond donors (Lipinski definition) is 2. The van der Waals surface area contributed by atoms with Crippen LogP contribution in [0.25, 0.3) is 11.3 Å². The van der Waals surface area contributed by atoms with Gasteiger partial charge in [-0.1, -0.05) is 35.9 Å². The second-order valence-electron chi connectivity index (χ2n) is 5.56. The molecule has 0 radical (unpaired) electrons. The highest BCUT2D eigenvalue weighted by molar-refractivity contribution is 8.00. The fourth-order valence-electron chi connectivity index (χ4n) is 2.29. The maximum Gasteiger partial charge on any atom is 0.236 e. The number of carbonyl (C=O) groups is 2. The van der Waals surface area contributed by atoms with Crippen LogP contribution in [-0.2, 0) is 9.59 Å². The van der Waals surface area contributed by atoms with Gasteiger partial charge in [0.05, 0.1) is 11.4 Å². The zero-order valence-corrected chi connectivity index (χ0v) is 16.8. The van der Waals surface area contributed by atoms with Gasteiger partial charge in [-0.25, -0.2) is 4.98 Å². The van der Waals surface area contributed by atoms with Crippen LogP contribution < -0.4 is 10.6 Å². The molecule has 5 nitrogen and oxygen atoms in total. The van der Waals surface area contributed by atoms with Gasteiger partial charge in [-0.3, -0.25) is 9.59 Å². The van der Waals surface area contributed by atoms with Crippen LogP contribution in [0.5, 0.6) is 0 Å². The highest BCUT2D eigenvalue weighted by Crippen LogP contribution is 2.30. The number of carbonyl (C=O) groups excluding carboxylic acids is 2. The summed E-state index contributed by atoms with van der Waals surface area (Å²) in [5.74, 6) is -0.0390. The van der Waals surface area contributed by atoms with Crippen molar-refractivity contribution in [1.82, 2.24) is 4.98 Å². The molecule has 0 aliphatic heterocycles. The summed E-state index contributed by atoms with van der Waals surface area (Å²) in [5, 5.41) is 8.54. The van der Waals surface area contributed by atoms with Gasteiger partial charge in [0.15, 0.2) is 5.13 Å². The molecule has 138 valence electrons. The number of hydrogen-bond acceptors (Lipinski definition) is 5. The highest BCUT2D eigenvalue weighted by atomic mass is 35.5. The van der Waals surface area contributed by atoms with Crippen molar-refractivity contribution in [2.45, 2.75) is 11.8 Å². The van der Waals surface area contributed by atoms with Crippen LogP contribution in [0.1, 0.15) is 6.92 Å². The summed E-state index contributed by atoms with van der Waals surface area (Å²) in [4.78, 5) is 28.6. The number of nitrogens with one attached hydrogen (secondary N) is 2. The van der Waals surface area contributed by atoms with Crippen LogP contribution in [0.4, 0.5) is 10.8 Å². The quantitative estimate of drug-likeness (QED) is 0.544. The Balaban J connectivity index is 1.57. The molecule has 2 aromatic carbocycles. The van der Waals surface area contributed by atoms with Gasteiger partial charge in [-0.15, -0.1) is 23.1 Å². The maximum atomic E-state index is 12.2. The largest absolute Gasteiger partial charge is 0.326 e. The van der Waals surface area contributed by atoms with E-state index in [4.69, 9.17) is 11.6 Å². The zero-order chi connectivity index (χ0) is 19.2. The van der Waals surface area contributed by atoms with Gasteiger partial charge in [-0.2, -0.15) is 0 Å². The number of anilines is 2. The van der Waals surface area contributed by atoms with E-state index in [-0.39, 0.29) is 17.6 Å². The van der Waals surface area contributed by atoms with Crippen molar-refractivity contribution in [2.75, 3.05) is 16.4 Å². The lowest BCUT2D eigenvalue weighted by atomic mass is 10.2. The fraction of sp³-hybridized carbons (Fsp3) is 0.105. The van der Waals surface area contributed by atoms with Crippen molar-refractivity contribution in [1.29, 1.82) is 0 Å². The lowest BCUT2D eigenvalue weighted by Crippen LogP contribution is -2.13. The predicted molar refractivity (Wildman–Crippen MR) is 113 cm³/mol. The molecule has 0 bridgehead atoms. The summed E-state index contributed by atoms with van der Waals surface area (Å²) < 4.78 is 0. The molecule has 0 saturated heterocycles. The van der Waals surface area contributed by atoms with E-state index >= 15 is 0 Å². The van der Waals surface area contributed by atoms with Gasteiger partial charge in [-0.05, 0) is 24.3 Å². The lowest BCUT2D eigenvalue weighted by Gasteiger charge is -2.05. The number of thiazole rings is 1. The van der Waals surface area contributed by atoms with Gasteiger partial charge in [0.25, 0.3) is 0 Å². The van der Waals surface area contributed by atoms with E-state index in [0.717, 1.165) is 16.2 Å². The molecule has 3 rings (SSSR count). The van der Waals surface area contributed by atoms with E-state index in [2.05, 4.69) is 15.6 Å². The molecule has 3 aromatic rings. The first-order valence-electron chi connectivity index (χ1n) is 8.02. The molecule has 1 aromatic heterocycles. The van der Waals surface area contributed by atoms with E-state index < -0.39 is 0 Å². The van der Waals surface area contributed by atoms with Crippen LogP contribution >= 0.6 is 34.7 Å². The second-order valence-corrected chi connectivity index (χ2v) is 7.88. The Kier molecular flexibility index (Phi) is 6.49. The van der Waals surface area contributed by atoms with E-state index in [1.807, 2.05) is 41.8 Å². The molecule has 0 unspecified atom stereocenters. The Morgan fingerprint density at radius 1 is 1.15 bits per heavy atom. The molecule has 8 heteroatoms. The summed E-state index contributed by atoms with van der Waals surface area (Å²) in [6, 6.07) is 14.8. The van der Waals surface area contributed by atoms with Crippen molar-refractivity contribution in [2.24, 2.45) is 0 Å². The number of rotatable bonds is 6. The minimum atomic E-state index is -0.148. The predicted octanol–water partition coefficient (Wildman–Crippen LogP) is 5.15. The summed E-state index contributed by atoms with van der Waals surface area (Å²) in [5.41, 5.74) is 2.27. The molecule has 0 saturated carbocycles. The average molecular weight is 418 g/mol. The Bertz CT molecular complexity index is 975. The standard InChI is InChI=1S/C19H16ClN3O2S2/c1-12(24)21-13-5-4-6-14(9-13)26-11-18(25)23-19-22-17(10-27-19)15-7-2-3-8-16(15)20/h2-10H,11H2,1H3,(H,21,24)(H,22,23,25). The third-order valence-corrected chi connectivity index (χ3v) is 5.51. The van der Waals surface area contributed by atoms with Crippen molar-refractivity contribution in [3.8, 4) is 11.3 Å². The van der Waals surface area contributed by atoms with Crippen LogP contribution in [0.15, 0.2) is 58.8 Å². The minimum Gasteiger partial charge on any atom is -0.326 e. The third-order valence-electron chi connectivity index (χ3n) is 3.42. The van der Waals surface area contributed by atoms with Crippen molar-refractivity contribution < 1.29 is 9.59 Å². The average Bonchev–Trinajstić information content (AvgIpc) is 3.08. The van der Waals surface area contributed by atoms with Gasteiger partial charge < -0.3 is 10.6 Å². The maximum absolute atomic E-state index is 12.2. The first kappa shape index (κ1) is 19.4. The van der Waals surface area contributed by atoms with E-state index in [1.54, 1.807) is 12.1 Å². The molecule has 0 atom stereocenters. The monoisotopic (exact) mass is 417 g/mol. The molecular weight excluding hydrogens is 402 g/mol. The normalized spacial score (nSPS) is 10.4. The molecular formula is C19H16ClN3O2S2. The Morgan fingerprint density at radius 2 is 1.96 bits per heavy atom. The first-order valence-corrected chi connectivity index (χ1v) is 10.3. The third kappa shape index (κ3) is 5.56. The number of nitrogens with zero attached hydrogens (tertiary/aromatic N) is 1.